The van der Waals surface area contributed by atoms with Crippen LogP contribution in [0.5, 0.6) is 5.75 Å². The number of ether oxygens (including phenoxy) is 2. The van der Waals surface area contributed by atoms with Gasteiger partial charge in [-0.25, -0.2) is 0 Å². The number of esters is 1. The van der Waals surface area contributed by atoms with E-state index >= 15 is 0 Å². The second-order valence-corrected chi connectivity index (χ2v) is 4.62. The van der Waals surface area contributed by atoms with Crippen molar-refractivity contribution in [3.63, 3.8) is 0 Å². The topological polar surface area (TPSA) is 86.6 Å². The standard InChI is InChI=1S/C14H18N2O5/c1-3-21-12(18)8-15-14(19)13-9-5-4-6-16(9)11(17)7-10(13)20-2/h7H,3-6,8H2,1-2H3,(H,15,19). The highest BCUT2D eigenvalue weighted by Gasteiger charge is 2.25. The van der Waals surface area contributed by atoms with E-state index in [1.165, 1.54) is 13.2 Å². The Labute approximate surface area is 121 Å². The Morgan fingerprint density at radius 3 is 2.86 bits per heavy atom. The minimum atomic E-state index is -0.505. The van der Waals surface area contributed by atoms with Crippen LogP contribution in [0.1, 0.15) is 29.4 Å². The summed E-state index contributed by atoms with van der Waals surface area (Å²) in [6, 6.07) is 1.30. The molecule has 0 saturated heterocycles. The molecule has 0 saturated carbocycles. The predicted molar refractivity (Wildman–Crippen MR) is 74.5 cm³/mol. The average Bonchev–Trinajstić information content (AvgIpc) is 2.94. The van der Waals surface area contributed by atoms with Crippen molar-refractivity contribution >= 4 is 11.9 Å². The predicted octanol–water partition coefficient (Wildman–Crippen LogP) is 0.0960. The number of carbonyl (C=O) groups excluding carboxylic acids is 2. The van der Waals surface area contributed by atoms with Gasteiger partial charge in [0.2, 0.25) is 0 Å². The van der Waals surface area contributed by atoms with Crippen LogP contribution in [0.2, 0.25) is 0 Å². The first-order chi connectivity index (χ1) is 10.1. The third-order valence-corrected chi connectivity index (χ3v) is 3.32. The minimum Gasteiger partial charge on any atom is -0.496 e. The summed E-state index contributed by atoms with van der Waals surface area (Å²) in [6.45, 7) is 2.33. The van der Waals surface area contributed by atoms with Gasteiger partial charge < -0.3 is 19.4 Å². The first-order valence-electron chi connectivity index (χ1n) is 6.83. The second-order valence-electron chi connectivity index (χ2n) is 4.62. The number of amides is 1. The van der Waals surface area contributed by atoms with Crippen LogP contribution in [-0.2, 0) is 22.5 Å². The maximum Gasteiger partial charge on any atom is 0.325 e. The summed E-state index contributed by atoms with van der Waals surface area (Å²) in [5.74, 6) is -0.713. The van der Waals surface area contributed by atoms with E-state index in [1.54, 1.807) is 11.5 Å². The van der Waals surface area contributed by atoms with E-state index in [0.717, 1.165) is 6.42 Å². The van der Waals surface area contributed by atoms with Crippen molar-refractivity contribution in [2.24, 2.45) is 0 Å². The molecule has 2 heterocycles. The zero-order chi connectivity index (χ0) is 15.4. The Morgan fingerprint density at radius 2 is 2.19 bits per heavy atom. The lowest BCUT2D eigenvalue weighted by atomic mass is 10.1. The molecular weight excluding hydrogens is 276 g/mol. The van der Waals surface area contributed by atoms with Gasteiger partial charge in [0, 0.05) is 18.3 Å². The average molecular weight is 294 g/mol. The number of nitrogens with one attached hydrogen (secondary N) is 1. The molecule has 0 atom stereocenters. The van der Waals surface area contributed by atoms with Gasteiger partial charge in [0.1, 0.15) is 17.9 Å². The molecule has 1 amide bonds. The van der Waals surface area contributed by atoms with Crippen molar-refractivity contribution in [3.05, 3.63) is 27.7 Å². The maximum absolute atomic E-state index is 12.3. The zero-order valence-electron chi connectivity index (χ0n) is 12.1. The number of methoxy groups -OCH3 is 1. The lowest BCUT2D eigenvalue weighted by Crippen LogP contribution is -2.33. The monoisotopic (exact) mass is 294 g/mol. The van der Waals surface area contributed by atoms with Crippen molar-refractivity contribution in [1.82, 2.24) is 9.88 Å². The van der Waals surface area contributed by atoms with Crippen LogP contribution < -0.4 is 15.6 Å². The summed E-state index contributed by atoms with van der Waals surface area (Å²) in [6.07, 6.45) is 1.44. The maximum atomic E-state index is 12.3. The van der Waals surface area contributed by atoms with E-state index in [4.69, 9.17) is 9.47 Å². The molecule has 21 heavy (non-hydrogen) atoms. The molecule has 0 radical (unpaired) electrons. The van der Waals surface area contributed by atoms with E-state index < -0.39 is 11.9 Å². The lowest BCUT2D eigenvalue weighted by molar-refractivity contribution is -0.141. The van der Waals surface area contributed by atoms with Gasteiger partial charge in [0.15, 0.2) is 0 Å². The SMILES string of the molecule is CCOC(=O)CNC(=O)c1c(OC)cc(=O)n2c1CCC2. The number of pyridine rings is 1. The lowest BCUT2D eigenvalue weighted by Gasteiger charge is -2.14. The van der Waals surface area contributed by atoms with Gasteiger partial charge in [-0.15, -0.1) is 0 Å². The van der Waals surface area contributed by atoms with Crippen LogP contribution >= 0.6 is 0 Å². The molecule has 0 aliphatic carbocycles. The Hall–Kier alpha value is -2.31. The summed E-state index contributed by atoms with van der Waals surface area (Å²) < 4.78 is 11.5. The number of fused-ring (bicyclic) bond motifs is 1. The molecule has 0 spiro atoms. The Morgan fingerprint density at radius 1 is 1.43 bits per heavy atom. The van der Waals surface area contributed by atoms with Gasteiger partial charge in [-0.3, -0.25) is 14.4 Å². The third kappa shape index (κ3) is 3.07. The van der Waals surface area contributed by atoms with Crippen LogP contribution in [0.3, 0.4) is 0 Å². The van der Waals surface area contributed by atoms with Crippen LogP contribution in [-0.4, -0.2) is 36.7 Å². The highest BCUT2D eigenvalue weighted by Crippen LogP contribution is 2.25. The van der Waals surface area contributed by atoms with E-state index in [9.17, 15) is 14.4 Å². The molecule has 1 aromatic heterocycles. The van der Waals surface area contributed by atoms with Crippen LogP contribution in [0.4, 0.5) is 0 Å². The van der Waals surface area contributed by atoms with Gasteiger partial charge in [-0.1, -0.05) is 0 Å². The molecular formula is C14H18N2O5. The molecule has 7 heteroatoms. The second kappa shape index (κ2) is 6.43. The number of carbonyl (C=O) groups is 2. The van der Waals surface area contributed by atoms with Gasteiger partial charge in [0.05, 0.1) is 13.7 Å². The number of hydrogen-bond acceptors (Lipinski definition) is 5. The molecule has 0 bridgehead atoms. The van der Waals surface area contributed by atoms with Gasteiger partial charge in [0.25, 0.3) is 11.5 Å². The molecule has 7 nitrogen and oxygen atoms in total. The molecule has 0 aromatic carbocycles. The number of aromatic nitrogens is 1. The summed E-state index contributed by atoms with van der Waals surface area (Å²) in [7, 11) is 1.41. The van der Waals surface area contributed by atoms with E-state index in [-0.39, 0.29) is 24.5 Å². The van der Waals surface area contributed by atoms with Crippen molar-refractivity contribution in [2.75, 3.05) is 20.3 Å². The minimum absolute atomic E-state index is 0.179. The smallest absolute Gasteiger partial charge is 0.325 e. The van der Waals surface area contributed by atoms with Crippen molar-refractivity contribution in [3.8, 4) is 5.75 Å². The molecule has 114 valence electrons. The molecule has 1 aliphatic heterocycles. The van der Waals surface area contributed by atoms with E-state index in [2.05, 4.69) is 5.32 Å². The van der Waals surface area contributed by atoms with E-state index in [1.807, 2.05) is 0 Å². The largest absolute Gasteiger partial charge is 0.496 e. The fraction of sp³-hybridized carbons (Fsp3) is 0.500. The molecule has 2 rings (SSSR count). The van der Waals surface area contributed by atoms with Crippen LogP contribution in [0.25, 0.3) is 0 Å². The first-order valence-corrected chi connectivity index (χ1v) is 6.83. The van der Waals surface area contributed by atoms with E-state index in [0.29, 0.717) is 24.2 Å². The highest BCUT2D eigenvalue weighted by molar-refractivity contribution is 5.99. The summed E-state index contributed by atoms with van der Waals surface area (Å²) in [4.78, 5) is 35.5. The Balaban J connectivity index is 2.26. The quantitative estimate of drug-likeness (QED) is 0.778. The molecule has 1 aromatic rings. The highest BCUT2D eigenvalue weighted by atomic mass is 16.5. The molecule has 0 unspecified atom stereocenters. The van der Waals surface area contributed by atoms with Crippen LogP contribution in [0, 0.1) is 0 Å². The Kier molecular flexibility index (Phi) is 4.62. The van der Waals surface area contributed by atoms with Crippen molar-refractivity contribution in [2.45, 2.75) is 26.3 Å². The number of hydrogen-bond donors (Lipinski definition) is 1. The molecule has 1 N–H and O–H groups in total. The van der Waals surface area contributed by atoms with Gasteiger partial charge in [-0.05, 0) is 19.8 Å². The normalized spacial score (nSPS) is 12.7. The Bertz CT molecular complexity index is 621. The zero-order valence-corrected chi connectivity index (χ0v) is 12.1. The molecule has 1 aliphatic rings. The number of rotatable bonds is 5. The summed E-state index contributed by atoms with van der Waals surface area (Å²) in [5.41, 5.74) is 0.793. The fourth-order valence-electron chi connectivity index (χ4n) is 2.44. The third-order valence-electron chi connectivity index (χ3n) is 3.32. The molecule has 0 fully saturated rings. The van der Waals surface area contributed by atoms with Crippen LogP contribution in [0.15, 0.2) is 10.9 Å². The summed E-state index contributed by atoms with van der Waals surface area (Å²) in [5, 5.41) is 2.50. The van der Waals surface area contributed by atoms with Crippen molar-refractivity contribution < 1.29 is 19.1 Å². The van der Waals surface area contributed by atoms with Gasteiger partial charge in [-0.2, -0.15) is 0 Å². The fourth-order valence-corrected chi connectivity index (χ4v) is 2.44. The van der Waals surface area contributed by atoms with Crippen molar-refractivity contribution in [1.29, 1.82) is 0 Å². The summed E-state index contributed by atoms with van der Waals surface area (Å²) >= 11 is 0. The number of nitrogens with zero attached hydrogens (tertiary/aromatic N) is 1. The van der Waals surface area contributed by atoms with Gasteiger partial charge >= 0.3 is 5.97 Å². The first kappa shape index (κ1) is 15.1.